The average Bonchev–Trinajstić information content (AvgIpc) is 3.48. The molecule has 5 rings (SSSR count). The van der Waals surface area contributed by atoms with Crippen LogP contribution in [-0.2, 0) is 14.3 Å². The molecule has 4 aliphatic carbocycles. The summed E-state index contributed by atoms with van der Waals surface area (Å²) in [7, 11) is 0. The maximum atomic E-state index is 13.0. The highest BCUT2D eigenvalue weighted by atomic mass is 32.2. The molecular formula is C35H61NO5S. The van der Waals surface area contributed by atoms with Crippen LogP contribution in [0.4, 0.5) is 0 Å². The molecule has 0 bridgehead atoms. The summed E-state index contributed by atoms with van der Waals surface area (Å²) in [5.41, 5.74) is 5.13. The van der Waals surface area contributed by atoms with E-state index < -0.39 is 11.6 Å². The molecular weight excluding hydrogens is 546 g/mol. The molecule has 0 spiro atoms. The molecule has 12 atom stereocenters. The fourth-order valence-corrected chi connectivity index (χ4v) is 12.3. The first kappa shape index (κ1) is 33.0. The Balaban J connectivity index is 1.38. The quantitative estimate of drug-likeness (QED) is 0.290. The number of fused-ring (bicyclic) bond motifs is 5. The van der Waals surface area contributed by atoms with Crippen molar-refractivity contribution in [2.75, 3.05) is 12.0 Å². The molecule has 4 saturated carbocycles. The van der Waals surface area contributed by atoms with Crippen molar-refractivity contribution in [2.45, 2.75) is 155 Å². The van der Waals surface area contributed by atoms with Gasteiger partial charge in [-0.25, -0.2) is 0 Å². The third kappa shape index (κ3) is 4.93. The van der Waals surface area contributed by atoms with Gasteiger partial charge in [-0.2, -0.15) is 11.8 Å². The maximum absolute atomic E-state index is 13.0. The second kappa shape index (κ2) is 10.9. The van der Waals surface area contributed by atoms with E-state index in [1.165, 1.54) is 0 Å². The highest BCUT2D eigenvalue weighted by Gasteiger charge is 2.72. The monoisotopic (exact) mass is 607 g/mol. The van der Waals surface area contributed by atoms with Gasteiger partial charge in [0.1, 0.15) is 12.1 Å². The molecule has 242 valence electrons. The fourth-order valence-electron chi connectivity index (χ4n) is 11.9. The summed E-state index contributed by atoms with van der Waals surface area (Å²) in [5, 5.41) is 22.8. The number of rotatable bonds is 7. The van der Waals surface area contributed by atoms with E-state index in [4.69, 9.17) is 15.2 Å². The van der Waals surface area contributed by atoms with Crippen LogP contribution in [0.25, 0.3) is 0 Å². The third-order valence-corrected chi connectivity index (χ3v) is 15.1. The van der Waals surface area contributed by atoms with Crippen LogP contribution in [0, 0.1) is 45.3 Å². The van der Waals surface area contributed by atoms with Crippen LogP contribution in [0.1, 0.15) is 120 Å². The predicted octanol–water partition coefficient (Wildman–Crippen LogP) is 6.34. The Morgan fingerprint density at radius 2 is 1.67 bits per heavy atom. The first-order chi connectivity index (χ1) is 19.3. The Morgan fingerprint density at radius 3 is 2.29 bits per heavy atom. The van der Waals surface area contributed by atoms with Gasteiger partial charge in [-0.05, 0) is 137 Å². The van der Waals surface area contributed by atoms with Gasteiger partial charge < -0.3 is 25.4 Å². The van der Waals surface area contributed by atoms with Crippen LogP contribution in [0.5, 0.6) is 0 Å². The summed E-state index contributed by atoms with van der Waals surface area (Å²) < 4.78 is 12.9. The van der Waals surface area contributed by atoms with Crippen molar-refractivity contribution in [2.24, 2.45) is 51.1 Å². The van der Waals surface area contributed by atoms with Crippen molar-refractivity contribution in [3.05, 3.63) is 0 Å². The van der Waals surface area contributed by atoms with E-state index >= 15 is 0 Å². The molecule has 0 aromatic carbocycles. The molecule has 4 N–H and O–H groups in total. The zero-order valence-corrected chi connectivity index (χ0v) is 28.8. The van der Waals surface area contributed by atoms with Crippen LogP contribution < -0.4 is 5.73 Å². The third-order valence-electron chi connectivity index (χ3n) is 14.4. The van der Waals surface area contributed by atoms with Gasteiger partial charge in [0.2, 0.25) is 0 Å². The van der Waals surface area contributed by atoms with Crippen molar-refractivity contribution < 1.29 is 24.5 Å². The lowest BCUT2D eigenvalue weighted by atomic mass is 9.35. The minimum atomic E-state index is -0.853. The highest BCUT2D eigenvalue weighted by Crippen LogP contribution is 2.76. The lowest BCUT2D eigenvalue weighted by Gasteiger charge is -2.70. The van der Waals surface area contributed by atoms with E-state index in [0.29, 0.717) is 24.2 Å². The second-order valence-electron chi connectivity index (χ2n) is 17.2. The summed E-state index contributed by atoms with van der Waals surface area (Å²) >= 11 is 1.71. The van der Waals surface area contributed by atoms with E-state index in [1.54, 1.807) is 11.8 Å². The number of ether oxygens (including phenoxy) is 2. The number of nitrogens with two attached hydrogens (primary N) is 1. The van der Waals surface area contributed by atoms with Crippen LogP contribution in [0.15, 0.2) is 0 Å². The van der Waals surface area contributed by atoms with Gasteiger partial charge in [0.25, 0.3) is 0 Å². The Kier molecular flexibility index (Phi) is 8.56. The SMILES string of the molecule is CSCC[C@H](N)C(=O)O[C@H]1CC[C@]2(C)[C@H]3C[C@@H](O)[C@@H]4[C@@H]([C@]5(C)CC[C@H](C(C)(C)O)O5)CC[C@@]4(C)[C@]3(C)CC[C@H]2C1(C)C. The first-order valence-corrected chi connectivity index (χ1v) is 18.3. The second-order valence-corrected chi connectivity index (χ2v) is 18.2. The molecule has 0 unspecified atom stereocenters. The van der Waals surface area contributed by atoms with E-state index in [0.717, 1.165) is 63.5 Å². The molecule has 1 heterocycles. The molecule has 0 aromatic rings. The van der Waals surface area contributed by atoms with Gasteiger partial charge in [-0.15, -0.1) is 0 Å². The molecule has 1 saturated heterocycles. The van der Waals surface area contributed by atoms with Crippen molar-refractivity contribution in [1.82, 2.24) is 0 Å². The fraction of sp³-hybridized carbons (Fsp3) is 0.971. The van der Waals surface area contributed by atoms with E-state index in [2.05, 4.69) is 41.5 Å². The number of aliphatic hydroxyl groups excluding tert-OH is 1. The first-order valence-electron chi connectivity index (χ1n) is 16.9. The van der Waals surface area contributed by atoms with Crippen LogP contribution in [0.3, 0.4) is 0 Å². The Labute approximate surface area is 260 Å². The van der Waals surface area contributed by atoms with Gasteiger partial charge in [-0.1, -0.05) is 34.6 Å². The standard InChI is InChI=1S/C35H61NO5S/c1-30(2)24-11-17-33(6)25(32(24,5)15-12-26(30)40-29(38)22(36)14-19-42-9)20-23(37)28-21(10-16-34(28,33)7)35(8)18-13-27(41-35)31(3,4)39/h21-28,37,39H,10-20,36H2,1-9H3/t21-,22-,23+,24-,25+,26-,27+,28-,32-,33+,34+,35-/m0/s1. The number of esters is 1. The molecule has 0 aromatic heterocycles. The van der Waals surface area contributed by atoms with Crippen LogP contribution >= 0.6 is 11.8 Å². The van der Waals surface area contributed by atoms with Gasteiger partial charge in [0, 0.05) is 5.41 Å². The van der Waals surface area contributed by atoms with E-state index in [9.17, 15) is 15.0 Å². The number of thioether (sulfide) groups is 1. The molecule has 5 fully saturated rings. The molecule has 7 heteroatoms. The molecule has 0 amide bonds. The number of aliphatic hydroxyl groups is 2. The zero-order chi connectivity index (χ0) is 31.1. The zero-order valence-electron chi connectivity index (χ0n) is 28.0. The number of hydrogen-bond donors (Lipinski definition) is 3. The largest absolute Gasteiger partial charge is 0.461 e. The minimum absolute atomic E-state index is 0.0324. The number of carbonyl (C=O) groups excluding carboxylic acids is 1. The molecule has 42 heavy (non-hydrogen) atoms. The summed E-state index contributed by atoms with van der Waals surface area (Å²) in [6.45, 7) is 18.2. The predicted molar refractivity (Wildman–Crippen MR) is 170 cm³/mol. The van der Waals surface area contributed by atoms with Crippen molar-refractivity contribution in [3.8, 4) is 0 Å². The molecule has 0 radical (unpaired) electrons. The highest BCUT2D eigenvalue weighted by molar-refractivity contribution is 7.98. The van der Waals surface area contributed by atoms with E-state index in [-0.39, 0.29) is 57.5 Å². The summed E-state index contributed by atoms with van der Waals surface area (Å²) in [5.74, 6) is 1.96. The van der Waals surface area contributed by atoms with Gasteiger partial charge in [-0.3, -0.25) is 4.79 Å². The lowest BCUT2D eigenvalue weighted by molar-refractivity contribution is -0.251. The van der Waals surface area contributed by atoms with Crippen molar-refractivity contribution in [3.63, 3.8) is 0 Å². The van der Waals surface area contributed by atoms with Gasteiger partial charge in [0.05, 0.1) is 23.4 Å². The Morgan fingerprint density at radius 1 is 1.00 bits per heavy atom. The van der Waals surface area contributed by atoms with Crippen LogP contribution in [-0.4, -0.2) is 63.7 Å². The van der Waals surface area contributed by atoms with E-state index in [1.807, 2.05) is 20.1 Å². The maximum Gasteiger partial charge on any atom is 0.323 e. The number of hydrogen-bond acceptors (Lipinski definition) is 7. The topological polar surface area (TPSA) is 102 Å². The Hall–Kier alpha value is -0.340. The molecule has 1 aliphatic heterocycles. The summed E-state index contributed by atoms with van der Waals surface area (Å²) in [6, 6.07) is -0.554. The Bertz CT molecular complexity index is 1030. The van der Waals surface area contributed by atoms with Crippen molar-refractivity contribution >= 4 is 17.7 Å². The van der Waals surface area contributed by atoms with Crippen molar-refractivity contribution in [1.29, 1.82) is 0 Å². The summed E-state index contributed by atoms with van der Waals surface area (Å²) in [6.07, 6.45) is 11.1. The summed E-state index contributed by atoms with van der Waals surface area (Å²) in [4.78, 5) is 13.0. The van der Waals surface area contributed by atoms with Gasteiger partial charge >= 0.3 is 5.97 Å². The minimum Gasteiger partial charge on any atom is -0.461 e. The van der Waals surface area contributed by atoms with Gasteiger partial charge in [0.15, 0.2) is 0 Å². The molecule has 5 aliphatic rings. The number of carbonyl (C=O) groups is 1. The lowest BCUT2D eigenvalue weighted by Crippen LogP contribution is -2.66. The molecule has 6 nitrogen and oxygen atoms in total. The normalized spacial score (nSPS) is 49.1. The smallest absolute Gasteiger partial charge is 0.323 e. The van der Waals surface area contributed by atoms with Crippen LogP contribution in [0.2, 0.25) is 0 Å². The average molecular weight is 608 g/mol.